The predicted molar refractivity (Wildman–Crippen MR) is 121 cm³/mol. The number of nitrogens with two attached hydrogens (primary N) is 1. The second kappa shape index (κ2) is 9.52. The number of fused-ring (bicyclic) bond motifs is 1. The van der Waals surface area contributed by atoms with Crippen LogP contribution in [0.3, 0.4) is 0 Å². The smallest absolute Gasteiger partial charge is 0.241 e. The summed E-state index contributed by atoms with van der Waals surface area (Å²) in [7, 11) is 0. The second-order valence-corrected chi connectivity index (χ2v) is 9.16. The molecule has 7 heteroatoms. The zero-order chi connectivity index (χ0) is 19.1. The van der Waals surface area contributed by atoms with E-state index in [0.717, 1.165) is 51.9 Å². The summed E-state index contributed by atoms with van der Waals surface area (Å²) in [6.07, 6.45) is 4.23. The van der Waals surface area contributed by atoms with Gasteiger partial charge in [0.05, 0.1) is 6.10 Å². The number of amides is 1. The van der Waals surface area contributed by atoms with E-state index >= 15 is 0 Å². The lowest BCUT2D eigenvalue weighted by molar-refractivity contribution is -0.225. The van der Waals surface area contributed by atoms with E-state index in [1.165, 1.54) is 5.56 Å². The highest BCUT2D eigenvalue weighted by Crippen LogP contribution is 2.57. The van der Waals surface area contributed by atoms with E-state index in [-0.39, 0.29) is 54.2 Å². The van der Waals surface area contributed by atoms with Crippen LogP contribution in [0.1, 0.15) is 45.1 Å². The van der Waals surface area contributed by atoms with Crippen molar-refractivity contribution in [2.24, 2.45) is 17.1 Å². The predicted octanol–water partition coefficient (Wildman–Crippen LogP) is 3.14. The number of rotatable bonds is 4. The van der Waals surface area contributed by atoms with Gasteiger partial charge < -0.3 is 15.8 Å². The largest absolute Gasteiger partial charge is 0.377 e. The fraction of sp³-hybridized carbons (Fsp3) is 0.682. The first-order valence-corrected chi connectivity index (χ1v) is 10.4. The minimum absolute atomic E-state index is 0. The summed E-state index contributed by atoms with van der Waals surface area (Å²) in [5.74, 6) is 0.163. The number of halogens is 2. The number of likely N-dealkylation sites (tertiary alicyclic amines) is 1. The molecule has 5 nitrogen and oxygen atoms in total. The summed E-state index contributed by atoms with van der Waals surface area (Å²) >= 11 is 0. The monoisotopic (exact) mass is 443 g/mol. The molecule has 0 spiro atoms. The topological polar surface area (TPSA) is 67.6 Å². The Morgan fingerprint density at radius 3 is 2.66 bits per heavy atom. The van der Waals surface area contributed by atoms with Crippen LogP contribution in [0.25, 0.3) is 0 Å². The number of piperidine rings is 1. The Kier molecular flexibility index (Phi) is 8.02. The molecule has 4 unspecified atom stereocenters. The highest BCUT2D eigenvalue weighted by atomic mass is 35.5. The summed E-state index contributed by atoms with van der Waals surface area (Å²) in [5, 5.41) is 3.30. The van der Waals surface area contributed by atoms with E-state index in [1.807, 2.05) is 6.07 Å². The van der Waals surface area contributed by atoms with Crippen molar-refractivity contribution in [1.82, 2.24) is 10.2 Å². The van der Waals surface area contributed by atoms with Gasteiger partial charge >= 0.3 is 0 Å². The fourth-order valence-electron chi connectivity index (χ4n) is 5.50. The van der Waals surface area contributed by atoms with E-state index in [2.05, 4.69) is 48.3 Å². The highest BCUT2D eigenvalue weighted by molar-refractivity contribution is 5.89. The fourth-order valence-corrected chi connectivity index (χ4v) is 5.50. The molecule has 3 N–H and O–H groups in total. The molecule has 0 aromatic heterocycles. The number of hydrogen-bond acceptors (Lipinski definition) is 4. The van der Waals surface area contributed by atoms with Gasteiger partial charge in [0, 0.05) is 37.1 Å². The summed E-state index contributed by atoms with van der Waals surface area (Å²) in [6.45, 7) is 7.87. The third-order valence-electron chi connectivity index (χ3n) is 7.15. The highest BCUT2D eigenvalue weighted by Gasteiger charge is 2.70. The van der Waals surface area contributed by atoms with Crippen molar-refractivity contribution in [1.29, 1.82) is 0 Å². The van der Waals surface area contributed by atoms with Gasteiger partial charge in [-0.2, -0.15) is 0 Å². The van der Waals surface area contributed by atoms with Gasteiger partial charge in [0.1, 0.15) is 5.54 Å². The minimum Gasteiger partial charge on any atom is -0.377 e. The van der Waals surface area contributed by atoms with Gasteiger partial charge in [-0.15, -0.1) is 24.8 Å². The maximum Gasteiger partial charge on any atom is 0.241 e. The lowest BCUT2D eigenvalue weighted by atomic mass is 9.46. The lowest BCUT2D eigenvalue weighted by Crippen LogP contribution is -2.82. The molecule has 164 valence electrons. The Bertz CT molecular complexity index is 688. The number of ether oxygens (including phenoxy) is 1. The van der Waals surface area contributed by atoms with Gasteiger partial charge in [-0.3, -0.25) is 9.69 Å². The van der Waals surface area contributed by atoms with Gasteiger partial charge in [-0.25, -0.2) is 0 Å². The van der Waals surface area contributed by atoms with Crippen LogP contribution in [0.15, 0.2) is 30.3 Å². The quantitative estimate of drug-likeness (QED) is 0.749. The maximum atomic E-state index is 13.2. The van der Waals surface area contributed by atoms with Gasteiger partial charge in [-0.1, -0.05) is 44.2 Å². The Balaban J connectivity index is 0.00000150. The molecular weight excluding hydrogens is 409 g/mol. The van der Waals surface area contributed by atoms with Crippen molar-refractivity contribution in [3.05, 3.63) is 35.9 Å². The van der Waals surface area contributed by atoms with Crippen LogP contribution in [-0.2, 0) is 16.1 Å². The van der Waals surface area contributed by atoms with Gasteiger partial charge in [0.25, 0.3) is 0 Å². The lowest BCUT2D eigenvalue weighted by Gasteiger charge is -2.65. The van der Waals surface area contributed by atoms with E-state index in [1.54, 1.807) is 0 Å². The number of nitrogens with one attached hydrogen (secondary N) is 1. The summed E-state index contributed by atoms with van der Waals surface area (Å²) in [4.78, 5) is 15.7. The number of benzene rings is 1. The van der Waals surface area contributed by atoms with Gasteiger partial charge in [0.2, 0.25) is 5.91 Å². The Morgan fingerprint density at radius 2 is 1.93 bits per heavy atom. The molecule has 1 aromatic carbocycles. The average molecular weight is 444 g/mol. The molecule has 1 aliphatic carbocycles. The van der Waals surface area contributed by atoms with Gasteiger partial charge in [-0.05, 0) is 37.8 Å². The normalized spacial score (nSPS) is 33.3. The van der Waals surface area contributed by atoms with Crippen LogP contribution in [0.4, 0.5) is 0 Å². The first-order valence-electron chi connectivity index (χ1n) is 10.4. The molecule has 2 aliphatic heterocycles. The molecule has 29 heavy (non-hydrogen) atoms. The number of carbonyl (C=O) groups excluding carboxylic acids is 1. The summed E-state index contributed by atoms with van der Waals surface area (Å²) in [6, 6.07) is 10.7. The molecule has 0 radical (unpaired) electrons. The summed E-state index contributed by atoms with van der Waals surface area (Å²) < 4.78 is 5.94. The molecule has 1 aromatic rings. The van der Waals surface area contributed by atoms with E-state index < -0.39 is 5.54 Å². The molecule has 0 bridgehead atoms. The van der Waals surface area contributed by atoms with Crippen molar-refractivity contribution >= 4 is 30.7 Å². The molecule has 2 saturated heterocycles. The molecule has 4 atom stereocenters. The first-order chi connectivity index (χ1) is 12.9. The Hall–Kier alpha value is -0.850. The standard InChI is InChI=1S/C22H33N3O2.2ClH/c1-21(2)19-18(11-7-13-27-19)22(21,23)20(26)24-17-10-6-12-25(15-17)14-16-8-4-3-5-9-16;;/h3-5,8-9,17-19H,6-7,10-15,23H2,1-2H3,(H,24,26);2*1H. The zero-order valence-corrected chi connectivity index (χ0v) is 19.1. The van der Waals surface area contributed by atoms with Crippen LogP contribution in [-0.4, -0.2) is 48.2 Å². The summed E-state index contributed by atoms with van der Waals surface area (Å²) in [5.41, 5.74) is 6.93. The molecule has 3 aliphatic rings. The molecule has 3 fully saturated rings. The first kappa shape index (κ1) is 24.4. The van der Waals surface area contributed by atoms with Crippen LogP contribution in [0.2, 0.25) is 0 Å². The molecule has 4 rings (SSSR count). The van der Waals surface area contributed by atoms with Crippen LogP contribution < -0.4 is 11.1 Å². The molecule has 2 heterocycles. The Morgan fingerprint density at radius 1 is 1.21 bits per heavy atom. The minimum atomic E-state index is -0.820. The third kappa shape index (κ3) is 4.31. The van der Waals surface area contributed by atoms with Crippen molar-refractivity contribution < 1.29 is 9.53 Å². The molecule has 1 saturated carbocycles. The maximum absolute atomic E-state index is 13.2. The van der Waals surface area contributed by atoms with Crippen LogP contribution in [0.5, 0.6) is 0 Å². The number of hydrogen-bond donors (Lipinski definition) is 2. The van der Waals surface area contributed by atoms with Crippen molar-refractivity contribution in [3.8, 4) is 0 Å². The van der Waals surface area contributed by atoms with Crippen molar-refractivity contribution in [2.45, 2.75) is 63.8 Å². The van der Waals surface area contributed by atoms with E-state index in [4.69, 9.17) is 10.5 Å². The third-order valence-corrected chi connectivity index (χ3v) is 7.15. The van der Waals surface area contributed by atoms with Crippen LogP contribution >= 0.6 is 24.8 Å². The van der Waals surface area contributed by atoms with E-state index in [9.17, 15) is 4.79 Å². The van der Waals surface area contributed by atoms with Gasteiger partial charge in [0.15, 0.2) is 0 Å². The molecule has 1 amide bonds. The van der Waals surface area contributed by atoms with E-state index in [0.29, 0.717) is 0 Å². The van der Waals surface area contributed by atoms with Crippen molar-refractivity contribution in [2.75, 3.05) is 19.7 Å². The zero-order valence-electron chi connectivity index (χ0n) is 17.4. The SMILES string of the molecule is CC1(C)C2OCCCC2C1(N)C(=O)NC1CCCN(Cc2ccccc2)C1.Cl.Cl. The van der Waals surface area contributed by atoms with Crippen molar-refractivity contribution in [3.63, 3.8) is 0 Å². The number of nitrogens with zero attached hydrogens (tertiary/aromatic N) is 1. The Labute approximate surface area is 186 Å². The second-order valence-electron chi connectivity index (χ2n) is 9.16. The van der Waals surface area contributed by atoms with Crippen LogP contribution in [0, 0.1) is 11.3 Å². The number of carbonyl (C=O) groups is 1. The average Bonchev–Trinajstić information content (AvgIpc) is 2.68. The molecular formula is C22H35Cl2N3O2.